The van der Waals surface area contributed by atoms with Crippen molar-refractivity contribution >= 4 is 23.7 Å². The molecular weight excluding hydrogens is 320 g/mol. The van der Waals surface area contributed by atoms with Gasteiger partial charge in [-0.2, -0.15) is 0 Å². The highest BCUT2D eigenvalue weighted by molar-refractivity contribution is 5.93. The van der Waals surface area contributed by atoms with Crippen LogP contribution in [0.4, 0.5) is 0 Å². The second-order valence-corrected chi connectivity index (χ2v) is 5.71. The highest BCUT2D eigenvalue weighted by atomic mass is 16.4. The van der Waals surface area contributed by atoms with Crippen molar-refractivity contribution < 1.29 is 29.4 Å². The maximum Gasteiger partial charge on any atom is 0.326 e. The van der Waals surface area contributed by atoms with Crippen molar-refractivity contribution in [3.63, 3.8) is 0 Å². The molecule has 0 aromatic carbocycles. The van der Waals surface area contributed by atoms with E-state index in [0.29, 0.717) is 6.42 Å². The SMILES string of the molecule is CC[C@H](C)[C@H](NC(=O)[C@@H](NC(=O)[C@@H](N)CC(N)=O)[C@@H](C)O)C(=O)O. The van der Waals surface area contributed by atoms with Crippen LogP contribution in [0.1, 0.15) is 33.6 Å². The third kappa shape index (κ3) is 6.92. The van der Waals surface area contributed by atoms with E-state index < -0.39 is 54.3 Å². The van der Waals surface area contributed by atoms with Gasteiger partial charge < -0.3 is 32.3 Å². The molecule has 3 amide bonds. The molecule has 0 saturated carbocycles. The summed E-state index contributed by atoms with van der Waals surface area (Å²) in [5.41, 5.74) is 10.4. The number of carbonyl (C=O) groups excluding carboxylic acids is 3. The molecule has 0 aliphatic heterocycles. The number of nitrogens with two attached hydrogens (primary N) is 2. The summed E-state index contributed by atoms with van der Waals surface area (Å²) in [6.07, 6.45) is -1.22. The van der Waals surface area contributed by atoms with Gasteiger partial charge in [0.1, 0.15) is 12.1 Å². The zero-order valence-electron chi connectivity index (χ0n) is 14.0. The fraction of sp³-hybridized carbons (Fsp3) is 0.714. The molecule has 24 heavy (non-hydrogen) atoms. The smallest absolute Gasteiger partial charge is 0.326 e. The third-order valence-corrected chi connectivity index (χ3v) is 3.60. The molecule has 0 rings (SSSR count). The molecule has 138 valence electrons. The molecule has 0 spiro atoms. The summed E-state index contributed by atoms with van der Waals surface area (Å²) < 4.78 is 0. The fourth-order valence-corrected chi connectivity index (χ4v) is 1.90. The second kappa shape index (κ2) is 9.83. The highest BCUT2D eigenvalue weighted by Gasteiger charge is 2.32. The number of aliphatic hydroxyl groups excluding tert-OH is 1. The van der Waals surface area contributed by atoms with Gasteiger partial charge in [0.05, 0.1) is 18.6 Å². The van der Waals surface area contributed by atoms with E-state index in [9.17, 15) is 29.4 Å². The first-order valence-corrected chi connectivity index (χ1v) is 7.56. The van der Waals surface area contributed by atoms with E-state index in [1.807, 2.05) is 0 Å². The zero-order valence-corrected chi connectivity index (χ0v) is 14.0. The molecule has 0 aromatic rings. The molecule has 0 aliphatic carbocycles. The number of aliphatic hydroxyl groups is 1. The van der Waals surface area contributed by atoms with Crippen molar-refractivity contribution in [2.45, 2.75) is 57.8 Å². The Morgan fingerprint density at radius 1 is 1.04 bits per heavy atom. The molecule has 0 aromatic heterocycles. The first kappa shape index (κ1) is 21.8. The van der Waals surface area contributed by atoms with E-state index in [2.05, 4.69) is 10.6 Å². The van der Waals surface area contributed by atoms with Gasteiger partial charge in [0.25, 0.3) is 0 Å². The van der Waals surface area contributed by atoms with Gasteiger partial charge in [-0.1, -0.05) is 20.3 Å². The number of nitrogens with one attached hydrogen (secondary N) is 2. The van der Waals surface area contributed by atoms with Gasteiger partial charge in [0, 0.05) is 0 Å². The number of carboxylic acids is 1. The maximum absolute atomic E-state index is 12.2. The number of aliphatic carboxylic acids is 1. The average molecular weight is 346 g/mol. The molecule has 8 N–H and O–H groups in total. The van der Waals surface area contributed by atoms with E-state index in [1.165, 1.54) is 6.92 Å². The standard InChI is InChI=1S/C14H26N4O6/c1-4-6(2)10(14(23)24)17-13(22)11(7(3)19)18-12(21)8(15)5-9(16)20/h6-8,10-11,19H,4-5,15H2,1-3H3,(H2,16,20)(H,17,22)(H,18,21)(H,23,24)/t6-,7+,8-,10-,11-/m0/s1. The monoisotopic (exact) mass is 346 g/mol. The Balaban J connectivity index is 5.04. The van der Waals surface area contributed by atoms with E-state index in [-0.39, 0.29) is 5.92 Å². The molecule has 0 heterocycles. The average Bonchev–Trinajstić information content (AvgIpc) is 2.47. The normalized spacial score (nSPS) is 17.0. The topological polar surface area (TPSA) is 185 Å². The molecule has 10 nitrogen and oxygen atoms in total. The van der Waals surface area contributed by atoms with Gasteiger partial charge >= 0.3 is 5.97 Å². The van der Waals surface area contributed by atoms with Crippen LogP contribution >= 0.6 is 0 Å². The van der Waals surface area contributed by atoms with Crippen molar-refractivity contribution in [1.82, 2.24) is 10.6 Å². The summed E-state index contributed by atoms with van der Waals surface area (Å²) >= 11 is 0. The summed E-state index contributed by atoms with van der Waals surface area (Å²) in [7, 11) is 0. The number of hydrogen-bond donors (Lipinski definition) is 6. The minimum Gasteiger partial charge on any atom is -0.480 e. The molecule has 0 fully saturated rings. The summed E-state index contributed by atoms with van der Waals surface area (Å²) in [4.78, 5) is 46.1. The lowest BCUT2D eigenvalue weighted by Gasteiger charge is -2.26. The Morgan fingerprint density at radius 2 is 1.54 bits per heavy atom. The number of carboxylic acid groups (broad SMARTS) is 1. The zero-order chi connectivity index (χ0) is 19.0. The molecule has 0 bridgehead atoms. The first-order chi connectivity index (χ1) is 11.0. The van der Waals surface area contributed by atoms with Crippen LogP contribution in [0.2, 0.25) is 0 Å². The van der Waals surface area contributed by atoms with Crippen LogP contribution in [0, 0.1) is 5.92 Å². The summed E-state index contributed by atoms with van der Waals surface area (Å²) in [6.45, 7) is 4.67. The Bertz CT molecular complexity index is 482. The van der Waals surface area contributed by atoms with Crippen LogP contribution in [0.25, 0.3) is 0 Å². The lowest BCUT2D eigenvalue weighted by atomic mass is 9.98. The molecular formula is C14H26N4O6. The predicted octanol–water partition coefficient (Wildman–Crippen LogP) is -2.33. The van der Waals surface area contributed by atoms with Crippen molar-refractivity contribution in [3.05, 3.63) is 0 Å². The van der Waals surface area contributed by atoms with Crippen molar-refractivity contribution in [2.75, 3.05) is 0 Å². The van der Waals surface area contributed by atoms with E-state index >= 15 is 0 Å². The summed E-state index contributed by atoms with van der Waals surface area (Å²) in [6, 6.07) is -3.86. The number of carbonyl (C=O) groups is 4. The number of rotatable bonds is 10. The van der Waals surface area contributed by atoms with Crippen molar-refractivity contribution in [3.8, 4) is 0 Å². The van der Waals surface area contributed by atoms with Gasteiger partial charge in [-0.25, -0.2) is 4.79 Å². The molecule has 5 atom stereocenters. The van der Waals surface area contributed by atoms with Gasteiger partial charge in [0.15, 0.2) is 0 Å². The maximum atomic E-state index is 12.2. The van der Waals surface area contributed by atoms with Gasteiger partial charge in [-0.3, -0.25) is 14.4 Å². The number of amides is 3. The van der Waals surface area contributed by atoms with E-state index in [4.69, 9.17) is 11.5 Å². The Kier molecular flexibility index (Phi) is 8.93. The van der Waals surface area contributed by atoms with Crippen LogP contribution in [0.3, 0.4) is 0 Å². The fourth-order valence-electron chi connectivity index (χ4n) is 1.90. The number of hydrogen-bond acceptors (Lipinski definition) is 6. The minimum atomic E-state index is -1.41. The van der Waals surface area contributed by atoms with Crippen LogP contribution < -0.4 is 22.1 Å². The minimum absolute atomic E-state index is 0.353. The second-order valence-electron chi connectivity index (χ2n) is 5.71. The lowest BCUT2D eigenvalue weighted by molar-refractivity contribution is -0.144. The molecule has 10 heteroatoms. The number of primary amides is 1. The molecule has 0 radical (unpaired) electrons. The van der Waals surface area contributed by atoms with E-state index in [1.54, 1.807) is 13.8 Å². The van der Waals surface area contributed by atoms with Crippen LogP contribution in [-0.2, 0) is 19.2 Å². The Labute approximate surface area is 139 Å². The summed E-state index contributed by atoms with van der Waals surface area (Å²) in [5, 5.41) is 23.3. The van der Waals surface area contributed by atoms with Crippen LogP contribution in [0.5, 0.6) is 0 Å². The summed E-state index contributed by atoms with van der Waals surface area (Å²) in [5.74, 6) is -4.09. The Hall–Kier alpha value is -2.20. The molecule has 0 aliphatic rings. The largest absolute Gasteiger partial charge is 0.480 e. The first-order valence-electron chi connectivity index (χ1n) is 7.56. The highest BCUT2D eigenvalue weighted by Crippen LogP contribution is 2.09. The van der Waals surface area contributed by atoms with Gasteiger partial charge in [-0.15, -0.1) is 0 Å². The Morgan fingerprint density at radius 3 is 1.92 bits per heavy atom. The predicted molar refractivity (Wildman–Crippen MR) is 84.4 cm³/mol. The van der Waals surface area contributed by atoms with Crippen LogP contribution in [-0.4, -0.2) is 58.1 Å². The quantitative estimate of drug-likeness (QED) is 0.256. The lowest BCUT2D eigenvalue weighted by Crippen LogP contribution is -2.59. The van der Waals surface area contributed by atoms with Crippen molar-refractivity contribution in [2.24, 2.45) is 17.4 Å². The third-order valence-electron chi connectivity index (χ3n) is 3.60. The van der Waals surface area contributed by atoms with Crippen molar-refractivity contribution in [1.29, 1.82) is 0 Å². The molecule has 0 saturated heterocycles. The van der Waals surface area contributed by atoms with Gasteiger partial charge in [0.2, 0.25) is 17.7 Å². The van der Waals surface area contributed by atoms with E-state index in [0.717, 1.165) is 0 Å². The van der Waals surface area contributed by atoms with Gasteiger partial charge in [-0.05, 0) is 12.8 Å². The van der Waals surface area contributed by atoms with Crippen LogP contribution in [0.15, 0.2) is 0 Å². The molecule has 0 unspecified atom stereocenters.